The number of hydrogen-bond donors (Lipinski definition) is 1. The van der Waals surface area contributed by atoms with Gasteiger partial charge in [-0.3, -0.25) is 4.79 Å². The van der Waals surface area contributed by atoms with Gasteiger partial charge in [0.25, 0.3) is 0 Å². The first-order valence-corrected chi connectivity index (χ1v) is 5.68. The molecule has 0 amide bonds. The van der Waals surface area contributed by atoms with Crippen LogP contribution >= 0.6 is 0 Å². The minimum Gasteiger partial charge on any atom is -0.465 e. The normalized spacial score (nSPS) is 31.8. The molecule has 0 radical (unpaired) electrons. The first kappa shape index (κ1) is 9.97. The lowest BCUT2D eigenvalue weighted by molar-refractivity contribution is -0.150. The Labute approximate surface area is 85.0 Å². The fraction of sp³-hybridized carbons (Fsp3) is 0.909. The van der Waals surface area contributed by atoms with E-state index in [1.807, 2.05) is 0 Å². The van der Waals surface area contributed by atoms with E-state index in [2.05, 4.69) is 0 Å². The van der Waals surface area contributed by atoms with Gasteiger partial charge in [-0.15, -0.1) is 0 Å². The molecule has 0 aliphatic heterocycles. The molecule has 2 aliphatic carbocycles. The summed E-state index contributed by atoms with van der Waals surface area (Å²) in [5.74, 6) is 1.14. The van der Waals surface area contributed by atoms with Gasteiger partial charge < -0.3 is 10.5 Å². The van der Waals surface area contributed by atoms with E-state index in [4.69, 9.17) is 10.5 Å². The van der Waals surface area contributed by atoms with Gasteiger partial charge in [-0.25, -0.2) is 0 Å². The molecule has 0 spiro atoms. The Morgan fingerprint density at radius 3 is 2.71 bits per heavy atom. The topological polar surface area (TPSA) is 52.3 Å². The minimum absolute atomic E-state index is 0.00449. The lowest BCUT2D eigenvalue weighted by Crippen LogP contribution is -2.27. The Bertz CT molecular complexity index is 213. The van der Waals surface area contributed by atoms with Crippen LogP contribution < -0.4 is 5.73 Å². The highest BCUT2D eigenvalue weighted by Gasteiger charge is 2.34. The summed E-state index contributed by atoms with van der Waals surface area (Å²) in [6, 6.07) is 0. The second-order valence-corrected chi connectivity index (χ2v) is 4.61. The van der Waals surface area contributed by atoms with Crippen molar-refractivity contribution in [1.29, 1.82) is 0 Å². The molecular weight excluding hydrogens is 178 g/mol. The first-order chi connectivity index (χ1) is 6.81. The van der Waals surface area contributed by atoms with Crippen LogP contribution in [0.3, 0.4) is 0 Å². The Morgan fingerprint density at radius 2 is 2.07 bits per heavy atom. The molecular formula is C11H19NO2. The number of nitrogens with two attached hydrogens (primary N) is 1. The lowest BCUT2D eigenvalue weighted by Gasteiger charge is -2.16. The van der Waals surface area contributed by atoms with Crippen molar-refractivity contribution in [2.24, 2.45) is 23.5 Å². The van der Waals surface area contributed by atoms with Crippen LogP contribution in [0.15, 0.2) is 0 Å². The molecule has 0 heterocycles. The first-order valence-electron chi connectivity index (χ1n) is 5.68. The zero-order valence-corrected chi connectivity index (χ0v) is 8.58. The van der Waals surface area contributed by atoms with Gasteiger partial charge >= 0.3 is 5.97 Å². The molecule has 2 saturated carbocycles. The van der Waals surface area contributed by atoms with Crippen molar-refractivity contribution in [3.8, 4) is 0 Å². The van der Waals surface area contributed by atoms with E-state index in [0.29, 0.717) is 25.0 Å². The third-order valence-electron chi connectivity index (χ3n) is 3.42. The second kappa shape index (κ2) is 4.30. The summed E-state index contributed by atoms with van der Waals surface area (Å²) in [5.41, 5.74) is 5.62. The van der Waals surface area contributed by atoms with Crippen LogP contribution in [0.2, 0.25) is 0 Å². The quantitative estimate of drug-likeness (QED) is 0.691. The summed E-state index contributed by atoms with van der Waals surface area (Å²) in [7, 11) is 0. The maximum absolute atomic E-state index is 11.7. The maximum Gasteiger partial charge on any atom is 0.309 e. The Hall–Kier alpha value is -0.570. The van der Waals surface area contributed by atoms with E-state index in [1.54, 1.807) is 0 Å². The van der Waals surface area contributed by atoms with Gasteiger partial charge in [0, 0.05) is 0 Å². The van der Waals surface area contributed by atoms with Crippen LogP contribution in [0.1, 0.15) is 32.1 Å². The molecule has 0 aromatic rings. The average Bonchev–Trinajstić information content (AvgIpc) is 2.90. The van der Waals surface area contributed by atoms with Crippen molar-refractivity contribution in [2.45, 2.75) is 32.1 Å². The van der Waals surface area contributed by atoms with Gasteiger partial charge in [0.1, 0.15) is 0 Å². The largest absolute Gasteiger partial charge is 0.465 e. The second-order valence-electron chi connectivity index (χ2n) is 4.61. The van der Waals surface area contributed by atoms with Crippen LogP contribution in [0, 0.1) is 17.8 Å². The van der Waals surface area contributed by atoms with E-state index >= 15 is 0 Å². The summed E-state index contributed by atoms with van der Waals surface area (Å²) in [5, 5.41) is 0. The van der Waals surface area contributed by atoms with Gasteiger partial charge in [-0.05, 0) is 44.1 Å². The SMILES string of the molecule is NCC1CCCC1C(=O)OCC1CC1. The fourth-order valence-electron chi connectivity index (χ4n) is 2.22. The summed E-state index contributed by atoms with van der Waals surface area (Å²) >= 11 is 0. The molecule has 0 aromatic heterocycles. The van der Waals surface area contributed by atoms with Gasteiger partial charge in [0.15, 0.2) is 0 Å². The van der Waals surface area contributed by atoms with Gasteiger partial charge in [-0.1, -0.05) is 6.42 Å². The highest BCUT2D eigenvalue weighted by atomic mass is 16.5. The lowest BCUT2D eigenvalue weighted by atomic mass is 9.96. The van der Waals surface area contributed by atoms with E-state index < -0.39 is 0 Å². The molecule has 14 heavy (non-hydrogen) atoms. The van der Waals surface area contributed by atoms with Crippen molar-refractivity contribution < 1.29 is 9.53 Å². The summed E-state index contributed by atoms with van der Waals surface area (Å²) in [4.78, 5) is 11.7. The van der Waals surface area contributed by atoms with E-state index in [1.165, 1.54) is 12.8 Å². The summed E-state index contributed by atoms with van der Waals surface area (Å²) in [6.07, 6.45) is 5.67. The molecule has 0 saturated heterocycles. The summed E-state index contributed by atoms with van der Waals surface area (Å²) in [6.45, 7) is 1.27. The average molecular weight is 197 g/mol. The van der Waals surface area contributed by atoms with E-state index in [0.717, 1.165) is 19.3 Å². The molecule has 2 rings (SSSR count). The van der Waals surface area contributed by atoms with Gasteiger partial charge in [0.2, 0.25) is 0 Å². The highest BCUT2D eigenvalue weighted by Crippen LogP contribution is 2.33. The minimum atomic E-state index is 0.00449. The number of ether oxygens (including phenoxy) is 1. The zero-order chi connectivity index (χ0) is 9.97. The van der Waals surface area contributed by atoms with Crippen LogP contribution in [0.5, 0.6) is 0 Å². The molecule has 2 atom stereocenters. The molecule has 0 aromatic carbocycles. The summed E-state index contributed by atoms with van der Waals surface area (Å²) < 4.78 is 5.29. The molecule has 3 nitrogen and oxygen atoms in total. The molecule has 80 valence electrons. The van der Waals surface area contributed by atoms with Gasteiger partial charge in [0.05, 0.1) is 12.5 Å². The van der Waals surface area contributed by atoms with E-state index in [9.17, 15) is 4.79 Å². The molecule has 2 N–H and O–H groups in total. The number of rotatable bonds is 4. The highest BCUT2D eigenvalue weighted by molar-refractivity contribution is 5.73. The van der Waals surface area contributed by atoms with Crippen molar-refractivity contribution >= 4 is 5.97 Å². The standard InChI is InChI=1S/C11H19NO2/c12-6-9-2-1-3-10(9)11(13)14-7-8-4-5-8/h8-10H,1-7,12H2. The molecule has 3 heteroatoms. The Balaban J connectivity index is 1.76. The van der Waals surface area contributed by atoms with Gasteiger partial charge in [-0.2, -0.15) is 0 Å². The predicted octanol–water partition coefficient (Wildman–Crippen LogP) is 1.31. The molecule has 2 aliphatic rings. The fourth-order valence-corrected chi connectivity index (χ4v) is 2.22. The smallest absolute Gasteiger partial charge is 0.309 e. The monoisotopic (exact) mass is 197 g/mol. The van der Waals surface area contributed by atoms with Crippen molar-refractivity contribution in [3.05, 3.63) is 0 Å². The predicted molar refractivity (Wildman–Crippen MR) is 53.6 cm³/mol. The molecule has 2 unspecified atom stereocenters. The Morgan fingerprint density at radius 1 is 1.29 bits per heavy atom. The maximum atomic E-state index is 11.7. The van der Waals surface area contributed by atoms with Crippen molar-refractivity contribution in [3.63, 3.8) is 0 Å². The van der Waals surface area contributed by atoms with Crippen molar-refractivity contribution in [1.82, 2.24) is 0 Å². The number of carbonyl (C=O) groups is 1. The zero-order valence-electron chi connectivity index (χ0n) is 8.58. The molecule has 2 fully saturated rings. The third-order valence-corrected chi connectivity index (χ3v) is 3.42. The molecule has 0 bridgehead atoms. The number of hydrogen-bond acceptors (Lipinski definition) is 3. The Kier molecular flexibility index (Phi) is 3.06. The van der Waals surface area contributed by atoms with E-state index in [-0.39, 0.29) is 11.9 Å². The number of esters is 1. The van der Waals surface area contributed by atoms with Crippen LogP contribution in [0.25, 0.3) is 0 Å². The van der Waals surface area contributed by atoms with Crippen LogP contribution in [-0.4, -0.2) is 19.1 Å². The van der Waals surface area contributed by atoms with Crippen molar-refractivity contribution in [2.75, 3.05) is 13.2 Å². The van der Waals surface area contributed by atoms with Crippen LogP contribution in [0.4, 0.5) is 0 Å². The number of carbonyl (C=O) groups excluding carboxylic acids is 1. The third kappa shape index (κ3) is 2.27. The van der Waals surface area contributed by atoms with Crippen LogP contribution in [-0.2, 0) is 9.53 Å².